The second-order valence-electron chi connectivity index (χ2n) is 3.72. The van der Waals surface area contributed by atoms with Gasteiger partial charge in [0, 0.05) is 18.6 Å². The molecule has 2 heterocycles. The summed E-state index contributed by atoms with van der Waals surface area (Å²) in [5.74, 6) is -0.742. The number of hydrogen-bond donors (Lipinski definition) is 1. The van der Waals surface area contributed by atoms with E-state index in [1.54, 1.807) is 12.1 Å². The van der Waals surface area contributed by atoms with Crippen LogP contribution in [0.25, 0.3) is 0 Å². The topological polar surface area (TPSA) is 81.2 Å². The molecule has 6 nitrogen and oxygen atoms in total. The Morgan fingerprint density at radius 2 is 1.95 bits per heavy atom. The molecule has 0 unspecified atom stereocenters. The Kier molecular flexibility index (Phi) is 4.62. The lowest BCUT2D eigenvalue weighted by atomic mass is 10.3. The SMILES string of the molecule is O=C(COC(=O)c1ccncc1)Nc1ccc(Cl)cn1. The zero-order valence-corrected chi connectivity index (χ0v) is 11.0. The lowest BCUT2D eigenvalue weighted by molar-refractivity contribution is -0.119. The Bertz CT molecular complexity index is 602. The highest BCUT2D eigenvalue weighted by Crippen LogP contribution is 2.09. The highest BCUT2D eigenvalue weighted by molar-refractivity contribution is 6.30. The number of pyridine rings is 2. The van der Waals surface area contributed by atoms with Crippen LogP contribution in [0, 0.1) is 0 Å². The number of ether oxygens (including phenoxy) is 1. The van der Waals surface area contributed by atoms with Crippen LogP contribution in [0.2, 0.25) is 5.02 Å². The zero-order chi connectivity index (χ0) is 14.4. The largest absolute Gasteiger partial charge is 0.452 e. The molecule has 1 amide bonds. The van der Waals surface area contributed by atoms with Gasteiger partial charge in [-0.2, -0.15) is 0 Å². The summed E-state index contributed by atoms with van der Waals surface area (Å²) in [6.45, 7) is -0.397. The summed E-state index contributed by atoms with van der Waals surface area (Å²) < 4.78 is 4.85. The highest BCUT2D eigenvalue weighted by atomic mass is 35.5. The van der Waals surface area contributed by atoms with Crippen LogP contribution in [0.1, 0.15) is 10.4 Å². The Balaban J connectivity index is 1.83. The Labute approximate surface area is 119 Å². The van der Waals surface area contributed by atoms with Crippen molar-refractivity contribution in [1.82, 2.24) is 9.97 Å². The van der Waals surface area contributed by atoms with Gasteiger partial charge in [-0.1, -0.05) is 11.6 Å². The first-order valence-corrected chi connectivity index (χ1v) is 6.01. The number of esters is 1. The van der Waals surface area contributed by atoms with Crippen molar-refractivity contribution in [2.24, 2.45) is 0 Å². The molecule has 2 aromatic heterocycles. The van der Waals surface area contributed by atoms with Crippen molar-refractivity contribution in [2.45, 2.75) is 0 Å². The fourth-order valence-corrected chi connectivity index (χ4v) is 1.44. The van der Waals surface area contributed by atoms with Crippen LogP contribution < -0.4 is 5.32 Å². The number of nitrogens with one attached hydrogen (secondary N) is 1. The van der Waals surface area contributed by atoms with Crippen molar-refractivity contribution in [3.05, 3.63) is 53.4 Å². The molecule has 2 aromatic rings. The van der Waals surface area contributed by atoms with Crippen LogP contribution >= 0.6 is 11.6 Å². The van der Waals surface area contributed by atoms with Crippen molar-refractivity contribution in [3.63, 3.8) is 0 Å². The minimum atomic E-state index is -0.591. The average Bonchev–Trinajstić information content (AvgIpc) is 2.48. The molecule has 0 atom stereocenters. The van der Waals surface area contributed by atoms with Gasteiger partial charge < -0.3 is 10.1 Å². The summed E-state index contributed by atoms with van der Waals surface area (Å²) in [6.07, 6.45) is 4.34. The fraction of sp³-hybridized carbons (Fsp3) is 0.0769. The van der Waals surface area contributed by atoms with Gasteiger partial charge in [-0.15, -0.1) is 0 Å². The molecule has 0 spiro atoms. The smallest absolute Gasteiger partial charge is 0.338 e. The maximum absolute atomic E-state index is 11.6. The van der Waals surface area contributed by atoms with E-state index in [2.05, 4.69) is 15.3 Å². The number of aromatic nitrogens is 2. The molecule has 2 rings (SSSR count). The number of carbonyl (C=O) groups excluding carboxylic acids is 2. The number of amides is 1. The minimum absolute atomic E-state index is 0.331. The van der Waals surface area contributed by atoms with Crippen molar-refractivity contribution in [1.29, 1.82) is 0 Å². The normalized spacial score (nSPS) is 9.85. The molecule has 0 aliphatic carbocycles. The summed E-state index contributed by atoms with van der Waals surface area (Å²) in [6, 6.07) is 6.14. The van der Waals surface area contributed by atoms with E-state index >= 15 is 0 Å². The molecule has 0 aromatic carbocycles. The molecule has 20 heavy (non-hydrogen) atoms. The van der Waals surface area contributed by atoms with E-state index in [4.69, 9.17) is 16.3 Å². The van der Waals surface area contributed by atoms with E-state index < -0.39 is 18.5 Å². The fourth-order valence-electron chi connectivity index (χ4n) is 1.33. The van der Waals surface area contributed by atoms with Crippen molar-refractivity contribution >= 4 is 29.3 Å². The van der Waals surface area contributed by atoms with Gasteiger partial charge in [0.2, 0.25) is 0 Å². The van der Waals surface area contributed by atoms with Gasteiger partial charge in [0.05, 0.1) is 10.6 Å². The summed E-state index contributed by atoms with van der Waals surface area (Å²) in [7, 11) is 0. The first kappa shape index (κ1) is 14.0. The van der Waals surface area contributed by atoms with Crippen LogP contribution in [0.5, 0.6) is 0 Å². The Hall–Kier alpha value is -2.47. The average molecular weight is 292 g/mol. The highest BCUT2D eigenvalue weighted by Gasteiger charge is 2.10. The third-order valence-corrected chi connectivity index (χ3v) is 2.47. The van der Waals surface area contributed by atoms with Gasteiger partial charge in [-0.25, -0.2) is 9.78 Å². The number of nitrogens with zero attached hydrogens (tertiary/aromatic N) is 2. The zero-order valence-electron chi connectivity index (χ0n) is 10.2. The van der Waals surface area contributed by atoms with Gasteiger partial charge in [-0.05, 0) is 24.3 Å². The molecular weight excluding hydrogens is 282 g/mol. The standard InChI is InChI=1S/C13H10ClN3O3/c14-10-1-2-11(16-7-10)17-12(18)8-20-13(19)9-3-5-15-6-4-9/h1-7H,8H2,(H,16,17,18). The number of rotatable bonds is 4. The molecule has 102 valence electrons. The Morgan fingerprint density at radius 1 is 1.20 bits per heavy atom. The van der Waals surface area contributed by atoms with E-state index in [0.717, 1.165) is 0 Å². The molecule has 0 aliphatic rings. The summed E-state index contributed by atoms with van der Waals surface area (Å²) in [5.41, 5.74) is 0.331. The van der Waals surface area contributed by atoms with E-state index in [-0.39, 0.29) is 0 Å². The summed E-state index contributed by atoms with van der Waals surface area (Å²) in [5, 5.41) is 2.94. The van der Waals surface area contributed by atoms with Gasteiger partial charge in [0.15, 0.2) is 6.61 Å². The molecular formula is C13H10ClN3O3. The number of anilines is 1. The molecule has 0 radical (unpaired) electrons. The van der Waals surface area contributed by atoms with Crippen LogP contribution in [-0.2, 0) is 9.53 Å². The quantitative estimate of drug-likeness (QED) is 0.871. The predicted octanol–water partition coefficient (Wildman–Crippen LogP) is 1.93. The molecule has 0 bridgehead atoms. The van der Waals surface area contributed by atoms with Crippen LogP contribution in [0.15, 0.2) is 42.9 Å². The van der Waals surface area contributed by atoms with Crippen molar-refractivity contribution in [3.8, 4) is 0 Å². The second-order valence-corrected chi connectivity index (χ2v) is 4.16. The van der Waals surface area contributed by atoms with E-state index in [1.165, 1.54) is 30.7 Å². The van der Waals surface area contributed by atoms with E-state index in [9.17, 15) is 9.59 Å². The van der Waals surface area contributed by atoms with Crippen molar-refractivity contribution < 1.29 is 14.3 Å². The van der Waals surface area contributed by atoms with Gasteiger partial charge >= 0.3 is 5.97 Å². The van der Waals surface area contributed by atoms with Crippen LogP contribution in [0.4, 0.5) is 5.82 Å². The lowest BCUT2D eigenvalue weighted by Gasteiger charge is -2.05. The molecule has 1 N–H and O–H groups in total. The molecule has 0 saturated heterocycles. The van der Waals surface area contributed by atoms with E-state index in [0.29, 0.717) is 16.4 Å². The Morgan fingerprint density at radius 3 is 2.60 bits per heavy atom. The van der Waals surface area contributed by atoms with Crippen LogP contribution in [0.3, 0.4) is 0 Å². The minimum Gasteiger partial charge on any atom is -0.452 e. The summed E-state index contributed by atoms with van der Waals surface area (Å²) in [4.78, 5) is 30.8. The number of carbonyl (C=O) groups is 2. The van der Waals surface area contributed by atoms with Gasteiger partial charge in [0.25, 0.3) is 5.91 Å². The number of hydrogen-bond acceptors (Lipinski definition) is 5. The lowest BCUT2D eigenvalue weighted by Crippen LogP contribution is -2.21. The van der Waals surface area contributed by atoms with E-state index in [1.807, 2.05) is 0 Å². The molecule has 0 aliphatic heterocycles. The monoisotopic (exact) mass is 291 g/mol. The van der Waals surface area contributed by atoms with Gasteiger partial charge in [-0.3, -0.25) is 9.78 Å². The first-order valence-electron chi connectivity index (χ1n) is 5.64. The predicted molar refractivity (Wildman–Crippen MR) is 72.4 cm³/mol. The third-order valence-electron chi connectivity index (χ3n) is 2.25. The first-order chi connectivity index (χ1) is 9.65. The molecule has 0 fully saturated rings. The molecule has 7 heteroatoms. The number of halogens is 1. The maximum atomic E-state index is 11.6. The third kappa shape index (κ3) is 4.03. The molecule has 0 saturated carbocycles. The second kappa shape index (κ2) is 6.63. The van der Waals surface area contributed by atoms with Gasteiger partial charge in [0.1, 0.15) is 5.82 Å². The van der Waals surface area contributed by atoms with Crippen LogP contribution in [-0.4, -0.2) is 28.5 Å². The summed E-state index contributed by atoms with van der Waals surface area (Å²) >= 11 is 5.67. The van der Waals surface area contributed by atoms with Crippen molar-refractivity contribution in [2.75, 3.05) is 11.9 Å². The maximum Gasteiger partial charge on any atom is 0.338 e.